The summed E-state index contributed by atoms with van der Waals surface area (Å²) in [6.07, 6.45) is -1.03. The van der Waals surface area contributed by atoms with E-state index in [0.29, 0.717) is 11.2 Å². The Balaban J connectivity index is 1.70. The predicted molar refractivity (Wildman–Crippen MR) is 94.0 cm³/mol. The lowest BCUT2D eigenvalue weighted by molar-refractivity contribution is -0.152. The van der Waals surface area contributed by atoms with Crippen LogP contribution in [-0.4, -0.2) is 66.7 Å². The van der Waals surface area contributed by atoms with Crippen molar-refractivity contribution < 1.29 is 24.5 Å². The lowest BCUT2D eigenvalue weighted by atomic mass is 10.0. The molecule has 0 unspecified atom stereocenters. The Morgan fingerprint density at radius 3 is 2.81 bits per heavy atom. The van der Waals surface area contributed by atoms with Crippen LogP contribution < -0.4 is 11.5 Å². The second kappa shape index (κ2) is 7.72. The highest BCUT2D eigenvalue weighted by atomic mass is 16.6. The van der Waals surface area contributed by atoms with Gasteiger partial charge in [0.25, 0.3) is 0 Å². The first-order valence-electron chi connectivity index (χ1n) is 8.72. The van der Waals surface area contributed by atoms with Gasteiger partial charge in [0.1, 0.15) is 42.8 Å². The molecule has 11 heteroatoms. The number of carbonyl (C=O) groups is 1. The molecule has 6 N–H and O–H groups in total. The number of nitrogens with zero attached hydrogens (tertiary/aromatic N) is 4. The highest BCUT2D eigenvalue weighted by molar-refractivity contribution is 5.81. The number of hydrogen-bond acceptors (Lipinski definition) is 10. The molecule has 3 rings (SSSR count). The zero-order chi connectivity index (χ0) is 19.7. The van der Waals surface area contributed by atoms with Gasteiger partial charge in [-0.05, 0) is 5.92 Å². The normalized spacial score (nSPS) is 27.6. The monoisotopic (exact) mass is 380 g/mol. The van der Waals surface area contributed by atoms with Gasteiger partial charge < -0.3 is 31.2 Å². The number of anilines is 1. The predicted octanol–water partition coefficient (Wildman–Crippen LogP) is -1.06. The third kappa shape index (κ3) is 3.58. The summed E-state index contributed by atoms with van der Waals surface area (Å²) in [6.45, 7) is 3.54. The number of aromatic nitrogens is 4. The van der Waals surface area contributed by atoms with Gasteiger partial charge in [0.05, 0.1) is 6.33 Å². The lowest BCUT2D eigenvalue weighted by Crippen LogP contribution is -2.40. The Kier molecular flexibility index (Phi) is 5.56. The molecule has 0 bridgehead atoms. The summed E-state index contributed by atoms with van der Waals surface area (Å²) in [4.78, 5) is 24.1. The Bertz CT molecular complexity index is 814. The highest BCUT2D eigenvalue weighted by Gasteiger charge is 2.45. The smallest absolute Gasteiger partial charge is 0.323 e. The molecule has 2 aromatic rings. The first kappa shape index (κ1) is 19.4. The van der Waals surface area contributed by atoms with Crippen molar-refractivity contribution in [2.24, 2.45) is 11.7 Å². The molecule has 1 aliphatic rings. The zero-order valence-corrected chi connectivity index (χ0v) is 15.1. The van der Waals surface area contributed by atoms with Gasteiger partial charge in [-0.25, -0.2) is 15.0 Å². The molecule has 0 aromatic carbocycles. The third-order valence-electron chi connectivity index (χ3n) is 4.92. The summed E-state index contributed by atoms with van der Waals surface area (Å²) < 4.78 is 12.3. The van der Waals surface area contributed by atoms with Gasteiger partial charge in [-0.3, -0.25) is 9.36 Å². The van der Waals surface area contributed by atoms with Crippen LogP contribution in [0.5, 0.6) is 0 Å². The molecule has 11 nitrogen and oxygen atoms in total. The SMILES string of the molecule is CC[C@H](C)[C@H](N)C(=O)OC[C@H]1O[C@@H](n2cnc3c(N)ncnc32)[C@H](O)[C@H]1O. The minimum atomic E-state index is -1.27. The molecular weight excluding hydrogens is 356 g/mol. The number of nitrogens with two attached hydrogens (primary N) is 2. The third-order valence-corrected chi connectivity index (χ3v) is 4.92. The molecule has 2 aromatic heterocycles. The molecule has 0 saturated carbocycles. The van der Waals surface area contributed by atoms with Crippen LogP contribution >= 0.6 is 0 Å². The first-order chi connectivity index (χ1) is 12.8. The van der Waals surface area contributed by atoms with Crippen molar-refractivity contribution in [2.75, 3.05) is 12.3 Å². The quantitative estimate of drug-likeness (QED) is 0.453. The van der Waals surface area contributed by atoms with Crippen LogP contribution in [0.1, 0.15) is 26.5 Å². The van der Waals surface area contributed by atoms with E-state index in [0.717, 1.165) is 6.42 Å². The number of aliphatic hydroxyl groups excluding tert-OH is 2. The fourth-order valence-electron chi connectivity index (χ4n) is 2.90. The van der Waals surface area contributed by atoms with E-state index in [1.807, 2.05) is 13.8 Å². The van der Waals surface area contributed by atoms with E-state index in [2.05, 4.69) is 15.0 Å². The van der Waals surface area contributed by atoms with Crippen molar-refractivity contribution >= 4 is 23.0 Å². The molecule has 1 saturated heterocycles. The minimum Gasteiger partial charge on any atom is -0.462 e. The summed E-state index contributed by atoms with van der Waals surface area (Å²) in [6, 6.07) is -0.758. The highest BCUT2D eigenvalue weighted by Crippen LogP contribution is 2.32. The molecule has 0 amide bonds. The number of imidazole rings is 1. The molecule has 6 atom stereocenters. The summed E-state index contributed by atoms with van der Waals surface area (Å²) in [5.74, 6) is -0.421. The van der Waals surface area contributed by atoms with Crippen LogP contribution in [0.4, 0.5) is 5.82 Å². The Morgan fingerprint density at radius 1 is 1.37 bits per heavy atom. The number of carbonyl (C=O) groups excluding carboxylic acids is 1. The van der Waals surface area contributed by atoms with Gasteiger partial charge in [-0.2, -0.15) is 0 Å². The number of aliphatic hydroxyl groups is 2. The number of ether oxygens (including phenoxy) is 2. The van der Waals surface area contributed by atoms with Crippen LogP contribution in [-0.2, 0) is 14.3 Å². The number of esters is 1. The van der Waals surface area contributed by atoms with Crippen LogP contribution in [0.3, 0.4) is 0 Å². The van der Waals surface area contributed by atoms with Gasteiger partial charge >= 0.3 is 5.97 Å². The van der Waals surface area contributed by atoms with Crippen LogP contribution in [0, 0.1) is 5.92 Å². The molecule has 1 aliphatic heterocycles. The van der Waals surface area contributed by atoms with Gasteiger partial charge in [0.15, 0.2) is 17.7 Å². The van der Waals surface area contributed by atoms with Crippen LogP contribution in [0.15, 0.2) is 12.7 Å². The van der Waals surface area contributed by atoms with Crippen LogP contribution in [0.25, 0.3) is 11.2 Å². The second-order valence-corrected chi connectivity index (χ2v) is 6.67. The Labute approximate surface area is 155 Å². The molecular formula is C16H24N6O5. The standard InChI is InChI=1S/C16H24N6O5/c1-3-7(2)9(17)16(25)26-4-8-11(23)12(24)15(27-8)22-6-21-10-13(18)19-5-20-14(10)22/h5-9,11-12,15,23-24H,3-4,17H2,1-2H3,(H2,18,19,20)/t7-,8+,9-,11-,12+,15+/m0/s1. The van der Waals surface area contributed by atoms with Crippen molar-refractivity contribution in [3.8, 4) is 0 Å². The van der Waals surface area contributed by atoms with Crippen molar-refractivity contribution in [3.05, 3.63) is 12.7 Å². The van der Waals surface area contributed by atoms with Gasteiger partial charge in [-0.1, -0.05) is 20.3 Å². The van der Waals surface area contributed by atoms with E-state index in [1.165, 1.54) is 17.2 Å². The maximum atomic E-state index is 12.0. The van der Waals surface area contributed by atoms with E-state index < -0.39 is 36.6 Å². The fraction of sp³-hybridized carbons (Fsp3) is 0.625. The topological polar surface area (TPSA) is 172 Å². The van der Waals surface area contributed by atoms with E-state index >= 15 is 0 Å². The minimum absolute atomic E-state index is 0.0345. The molecule has 148 valence electrons. The van der Waals surface area contributed by atoms with Crippen molar-refractivity contribution in [1.82, 2.24) is 19.5 Å². The van der Waals surface area contributed by atoms with Crippen molar-refractivity contribution in [1.29, 1.82) is 0 Å². The maximum absolute atomic E-state index is 12.0. The number of hydrogen-bond donors (Lipinski definition) is 4. The van der Waals surface area contributed by atoms with Crippen molar-refractivity contribution in [2.45, 2.75) is 50.8 Å². The Morgan fingerprint density at radius 2 is 2.11 bits per heavy atom. The summed E-state index contributed by atoms with van der Waals surface area (Å²) in [5, 5.41) is 20.6. The van der Waals surface area contributed by atoms with Gasteiger partial charge in [0, 0.05) is 0 Å². The van der Waals surface area contributed by atoms with Crippen molar-refractivity contribution in [3.63, 3.8) is 0 Å². The summed E-state index contributed by atoms with van der Waals surface area (Å²) >= 11 is 0. The molecule has 0 aliphatic carbocycles. The summed E-state index contributed by atoms with van der Waals surface area (Å²) in [7, 11) is 0. The fourth-order valence-corrected chi connectivity index (χ4v) is 2.90. The van der Waals surface area contributed by atoms with Gasteiger partial charge in [-0.15, -0.1) is 0 Å². The van der Waals surface area contributed by atoms with E-state index in [9.17, 15) is 15.0 Å². The van der Waals surface area contributed by atoms with E-state index in [1.54, 1.807) is 0 Å². The lowest BCUT2D eigenvalue weighted by Gasteiger charge is -2.19. The molecule has 1 fully saturated rings. The zero-order valence-electron chi connectivity index (χ0n) is 15.1. The van der Waals surface area contributed by atoms with E-state index in [4.69, 9.17) is 20.9 Å². The average molecular weight is 380 g/mol. The average Bonchev–Trinajstić information content (AvgIpc) is 3.21. The number of fused-ring (bicyclic) bond motifs is 1. The second-order valence-electron chi connectivity index (χ2n) is 6.67. The molecule has 3 heterocycles. The summed E-state index contributed by atoms with van der Waals surface area (Å²) in [5.41, 5.74) is 12.3. The maximum Gasteiger partial charge on any atom is 0.323 e. The number of rotatable bonds is 6. The molecule has 0 spiro atoms. The van der Waals surface area contributed by atoms with Crippen LogP contribution in [0.2, 0.25) is 0 Å². The largest absolute Gasteiger partial charge is 0.462 e. The number of nitrogen functional groups attached to an aromatic ring is 1. The molecule has 0 radical (unpaired) electrons. The Hall–Kier alpha value is -2.34. The van der Waals surface area contributed by atoms with Gasteiger partial charge in [0.2, 0.25) is 0 Å². The first-order valence-corrected chi connectivity index (χ1v) is 8.72. The molecule has 27 heavy (non-hydrogen) atoms. The van der Waals surface area contributed by atoms with E-state index in [-0.39, 0.29) is 18.3 Å².